The van der Waals surface area contributed by atoms with Gasteiger partial charge < -0.3 is 15.3 Å². The van der Waals surface area contributed by atoms with Crippen molar-refractivity contribution in [1.82, 2.24) is 5.32 Å². The van der Waals surface area contributed by atoms with Crippen molar-refractivity contribution in [3.8, 4) is 11.1 Å². The van der Waals surface area contributed by atoms with Gasteiger partial charge in [-0.1, -0.05) is 48.5 Å². The summed E-state index contributed by atoms with van der Waals surface area (Å²) in [5, 5.41) is 12.3. The Kier molecular flexibility index (Phi) is 9.92. The number of amides is 2. The number of hydrogen-bond acceptors (Lipinski definition) is 4. The first-order valence-corrected chi connectivity index (χ1v) is 14.5. The largest absolute Gasteiger partial charge is 0.480 e. The number of hydrogen-bond donors (Lipinski definition) is 2. The van der Waals surface area contributed by atoms with Crippen LogP contribution in [0.2, 0.25) is 0 Å². The molecule has 1 unspecified atom stereocenters. The van der Waals surface area contributed by atoms with Gasteiger partial charge in [-0.2, -0.15) is 11.8 Å². The minimum absolute atomic E-state index is 0.187. The number of carbonyl (C=O) groups excluding carboxylic acids is 2. The van der Waals surface area contributed by atoms with Crippen LogP contribution in [-0.4, -0.2) is 40.9 Å². The molecule has 6 nitrogen and oxygen atoms in total. The lowest BCUT2D eigenvalue weighted by Gasteiger charge is -2.24. The van der Waals surface area contributed by atoms with Crippen LogP contribution in [-0.2, 0) is 11.3 Å². The topological polar surface area (TPSA) is 86.7 Å². The Labute approximate surface area is 243 Å². The van der Waals surface area contributed by atoms with E-state index >= 15 is 0 Å². The number of thioether (sulfide) groups is 1. The van der Waals surface area contributed by atoms with Crippen molar-refractivity contribution in [2.75, 3.05) is 16.9 Å². The zero-order chi connectivity index (χ0) is 29.4. The molecule has 0 aliphatic rings. The zero-order valence-electron chi connectivity index (χ0n) is 22.8. The van der Waals surface area contributed by atoms with Crippen LogP contribution in [0.15, 0.2) is 97.1 Å². The number of benzene rings is 4. The Morgan fingerprint density at radius 2 is 1.59 bits per heavy atom. The van der Waals surface area contributed by atoms with E-state index in [0.717, 1.165) is 16.7 Å². The highest BCUT2D eigenvalue weighted by molar-refractivity contribution is 7.98. The maximum Gasteiger partial charge on any atom is 0.326 e. The third-order valence-electron chi connectivity index (χ3n) is 6.72. The highest BCUT2D eigenvalue weighted by atomic mass is 32.2. The minimum Gasteiger partial charge on any atom is -0.480 e. The fourth-order valence-electron chi connectivity index (χ4n) is 4.53. The lowest BCUT2D eigenvalue weighted by atomic mass is 9.93. The monoisotopic (exact) mass is 570 g/mol. The molecule has 4 aromatic rings. The van der Waals surface area contributed by atoms with Crippen molar-refractivity contribution in [2.24, 2.45) is 0 Å². The van der Waals surface area contributed by atoms with Crippen LogP contribution in [0.5, 0.6) is 0 Å². The second-order valence-electron chi connectivity index (χ2n) is 9.57. The molecule has 0 bridgehead atoms. The first-order chi connectivity index (χ1) is 19.8. The predicted octanol–water partition coefficient (Wildman–Crippen LogP) is 6.58. The normalized spacial score (nSPS) is 11.5. The fraction of sp³-hybridized carbons (Fsp3) is 0.182. The molecular weight excluding hydrogens is 539 g/mol. The van der Waals surface area contributed by atoms with Gasteiger partial charge in [0, 0.05) is 16.8 Å². The fourth-order valence-corrected chi connectivity index (χ4v) is 5.01. The molecule has 0 aliphatic heterocycles. The Morgan fingerprint density at radius 1 is 0.902 bits per heavy atom. The molecule has 2 N–H and O–H groups in total. The molecule has 210 valence electrons. The van der Waals surface area contributed by atoms with Crippen LogP contribution in [0.3, 0.4) is 0 Å². The summed E-state index contributed by atoms with van der Waals surface area (Å²) in [6, 6.07) is 26.5. The molecule has 1 atom stereocenters. The van der Waals surface area contributed by atoms with Crippen LogP contribution >= 0.6 is 11.8 Å². The second kappa shape index (κ2) is 13.8. The summed E-state index contributed by atoms with van der Waals surface area (Å²) in [4.78, 5) is 40.4. The molecule has 0 saturated carbocycles. The summed E-state index contributed by atoms with van der Waals surface area (Å²) in [5.41, 5.74) is 4.51. The number of aryl methyl sites for hydroxylation is 1. The van der Waals surface area contributed by atoms with Crippen LogP contribution in [0.4, 0.5) is 10.1 Å². The van der Waals surface area contributed by atoms with Gasteiger partial charge in [0.15, 0.2) is 0 Å². The Hall–Kier alpha value is -4.43. The molecule has 8 heteroatoms. The van der Waals surface area contributed by atoms with Crippen molar-refractivity contribution in [3.63, 3.8) is 0 Å². The summed E-state index contributed by atoms with van der Waals surface area (Å²) in [7, 11) is 0. The lowest BCUT2D eigenvalue weighted by molar-refractivity contribution is -0.139. The van der Waals surface area contributed by atoms with Crippen molar-refractivity contribution >= 4 is 35.2 Å². The highest BCUT2D eigenvalue weighted by Gasteiger charge is 2.24. The van der Waals surface area contributed by atoms with E-state index in [4.69, 9.17) is 0 Å². The number of aliphatic carboxylic acids is 1. The first kappa shape index (κ1) is 29.6. The van der Waals surface area contributed by atoms with Gasteiger partial charge in [0.25, 0.3) is 11.8 Å². The van der Waals surface area contributed by atoms with Crippen molar-refractivity contribution in [1.29, 1.82) is 0 Å². The average Bonchev–Trinajstić information content (AvgIpc) is 2.98. The molecule has 0 radical (unpaired) electrons. The van der Waals surface area contributed by atoms with E-state index < -0.39 is 23.7 Å². The Bertz CT molecular complexity index is 1530. The van der Waals surface area contributed by atoms with Gasteiger partial charge in [-0.25, -0.2) is 9.18 Å². The lowest BCUT2D eigenvalue weighted by Crippen LogP contribution is -2.41. The van der Waals surface area contributed by atoms with Crippen molar-refractivity contribution < 1.29 is 23.9 Å². The van der Waals surface area contributed by atoms with Gasteiger partial charge >= 0.3 is 5.97 Å². The quantitative estimate of drug-likeness (QED) is 0.213. The SMILES string of the molecule is CSCCC(NC(=O)c1ccc(CN(C(=O)c2ccc(F)cc2)c2ccccc2)cc1-c1ccccc1C)C(=O)O. The van der Waals surface area contributed by atoms with Crippen molar-refractivity contribution in [2.45, 2.75) is 25.9 Å². The smallest absolute Gasteiger partial charge is 0.326 e. The number of para-hydroxylation sites is 1. The minimum atomic E-state index is -1.08. The number of carboxylic acid groups (broad SMARTS) is 1. The average molecular weight is 571 g/mol. The maximum absolute atomic E-state index is 13.6. The molecule has 2 amide bonds. The summed E-state index contributed by atoms with van der Waals surface area (Å²) >= 11 is 1.51. The Balaban J connectivity index is 1.74. The van der Waals surface area contributed by atoms with Gasteiger partial charge in [-0.15, -0.1) is 0 Å². The number of halogens is 1. The number of carbonyl (C=O) groups is 3. The highest BCUT2D eigenvalue weighted by Crippen LogP contribution is 2.30. The summed E-state index contributed by atoms with van der Waals surface area (Å²) in [5.74, 6) is -1.69. The van der Waals surface area contributed by atoms with Crippen molar-refractivity contribution in [3.05, 3.63) is 125 Å². The van der Waals surface area contributed by atoms with Gasteiger partial charge in [0.05, 0.1) is 6.54 Å². The number of nitrogens with zero attached hydrogens (tertiary/aromatic N) is 1. The molecule has 0 aliphatic carbocycles. The zero-order valence-corrected chi connectivity index (χ0v) is 23.7. The standard InChI is InChI=1S/C33H31FN2O4S/c1-22-8-6-7-11-27(22)29-20-23(12-17-28(29)31(37)35-30(33(39)40)18-19-41-2)21-36(26-9-4-3-5-10-26)32(38)24-13-15-25(34)16-14-24/h3-17,20,30H,18-19,21H2,1-2H3,(H,35,37)(H,39,40). The van der Waals surface area contributed by atoms with E-state index in [1.54, 1.807) is 17.0 Å². The molecule has 41 heavy (non-hydrogen) atoms. The van der Waals surface area contributed by atoms with E-state index in [1.165, 1.54) is 36.0 Å². The van der Waals surface area contributed by atoms with E-state index in [-0.39, 0.29) is 12.5 Å². The van der Waals surface area contributed by atoms with E-state index in [0.29, 0.717) is 34.6 Å². The number of nitrogens with one attached hydrogen (secondary N) is 1. The van der Waals surface area contributed by atoms with E-state index in [9.17, 15) is 23.9 Å². The van der Waals surface area contributed by atoms with Gasteiger partial charge in [-0.05, 0) is 96.1 Å². The summed E-state index contributed by atoms with van der Waals surface area (Å²) in [6.45, 7) is 2.13. The number of carboxylic acids is 1. The first-order valence-electron chi connectivity index (χ1n) is 13.1. The maximum atomic E-state index is 13.6. The molecule has 4 rings (SSSR count). The number of rotatable bonds is 11. The third-order valence-corrected chi connectivity index (χ3v) is 7.37. The predicted molar refractivity (Wildman–Crippen MR) is 162 cm³/mol. The van der Waals surface area contributed by atoms with Gasteiger partial charge in [-0.3, -0.25) is 9.59 Å². The van der Waals surface area contributed by atoms with Crippen LogP contribution in [0, 0.1) is 12.7 Å². The number of anilines is 1. The summed E-state index contributed by atoms with van der Waals surface area (Å²) < 4.78 is 13.6. The molecule has 0 saturated heterocycles. The van der Waals surface area contributed by atoms with Gasteiger partial charge in [0.2, 0.25) is 0 Å². The van der Waals surface area contributed by atoms with E-state index in [1.807, 2.05) is 73.8 Å². The second-order valence-corrected chi connectivity index (χ2v) is 10.6. The molecule has 0 aromatic heterocycles. The van der Waals surface area contributed by atoms with Crippen LogP contribution in [0.25, 0.3) is 11.1 Å². The third kappa shape index (κ3) is 7.41. The van der Waals surface area contributed by atoms with Crippen LogP contribution in [0.1, 0.15) is 38.3 Å². The molecule has 0 spiro atoms. The van der Waals surface area contributed by atoms with E-state index in [2.05, 4.69) is 5.32 Å². The molecule has 4 aromatic carbocycles. The Morgan fingerprint density at radius 3 is 2.24 bits per heavy atom. The molecule has 0 heterocycles. The molecule has 0 fully saturated rings. The molecular formula is C33H31FN2O4S. The summed E-state index contributed by atoms with van der Waals surface area (Å²) in [6.07, 6.45) is 2.19. The van der Waals surface area contributed by atoms with Crippen LogP contribution < -0.4 is 10.2 Å². The van der Waals surface area contributed by atoms with Gasteiger partial charge in [0.1, 0.15) is 11.9 Å².